The summed E-state index contributed by atoms with van der Waals surface area (Å²) in [5.41, 5.74) is 0. The van der Waals surface area contributed by atoms with E-state index in [1.54, 1.807) is 11.8 Å². The van der Waals surface area contributed by atoms with E-state index in [0.717, 1.165) is 43.9 Å². The topological polar surface area (TPSA) is 56.8 Å². The molecule has 3 heterocycles. The second-order valence-corrected chi connectivity index (χ2v) is 6.72. The summed E-state index contributed by atoms with van der Waals surface area (Å²) in [6.07, 6.45) is 1.85. The van der Waals surface area contributed by atoms with Crippen molar-refractivity contribution in [1.29, 1.82) is 0 Å². The molecule has 0 bridgehead atoms. The fraction of sp³-hybridized carbons (Fsp3) is 0.643. The minimum atomic E-state index is -0.000142. The Labute approximate surface area is 128 Å². The summed E-state index contributed by atoms with van der Waals surface area (Å²) in [4.78, 5) is 35.5. The number of piperazine rings is 1. The number of carbonyl (C=O) groups is 2. The molecule has 2 aliphatic rings. The molecule has 0 N–H and O–H groups in total. The summed E-state index contributed by atoms with van der Waals surface area (Å²) in [7, 11) is 2.06. The fourth-order valence-electron chi connectivity index (χ4n) is 2.76. The van der Waals surface area contributed by atoms with Gasteiger partial charge in [0.15, 0.2) is 5.01 Å². The Balaban J connectivity index is 1.80. The summed E-state index contributed by atoms with van der Waals surface area (Å²) in [5.74, 6) is 0.710. The van der Waals surface area contributed by atoms with Crippen LogP contribution in [-0.2, 0) is 11.2 Å². The van der Waals surface area contributed by atoms with Crippen LogP contribution in [0.25, 0.3) is 0 Å². The minimum absolute atomic E-state index is 0.000142. The van der Waals surface area contributed by atoms with Gasteiger partial charge in [0.25, 0.3) is 5.91 Å². The second-order valence-electron chi connectivity index (χ2n) is 5.64. The molecular formula is C14H20N4O2S. The van der Waals surface area contributed by atoms with Crippen molar-refractivity contribution in [2.45, 2.75) is 19.8 Å². The molecule has 0 unspecified atom stereocenters. The SMILES string of the molecule is CC(=O)N1CCCc2sc(C(=O)N3CCN(C)CC3)nc21. The molecule has 2 aliphatic heterocycles. The van der Waals surface area contributed by atoms with Crippen molar-refractivity contribution in [3.05, 3.63) is 9.88 Å². The first-order valence-electron chi connectivity index (χ1n) is 7.32. The van der Waals surface area contributed by atoms with Crippen LogP contribution >= 0.6 is 11.3 Å². The highest BCUT2D eigenvalue weighted by atomic mass is 32.1. The predicted molar refractivity (Wildman–Crippen MR) is 81.9 cm³/mol. The highest BCUT2D eigenvalue weighted by molar-refractivity contribution is 7.14. The fourth-order valence-corrected chi connectivity index (χ4v) is 3.84. The van der Waals surface area contributed by atoms with Gasteiger partial charge in [0, 0.05) is 44.5 Å². The van der Waals surface area contributed by atoms with Gasteiger partial charge in [0.2, 0.25) is 5.91 Å². The molecular weight excluding hydrogens is 288 g/mol. The molecule has 0 radical (unpaired) electrons. The van der Waals surface area contributed by atoms with Crippen LogP contribution in [0.2, 0.25) is 0 Å². The third kappa shape index (κ3) is 2.80. The van der Waals surface area contributed by atoms with Crippen LogP contribution in [0.5, 0.6) is 0 Å². The Morgan fingerprint density at radius 1 is 1.14 bits per heavy atom. The molecule has 114 valence electrons. The lowest BCUT2D eigenvalue weighted by molar-refractivity contribution is -0.116. The van der Waals surface area contributed by atoms with Gasteiger partial charge in [-0.1, -0.05) is 0 Å². The third-order valence-electron chi connectivity index (χ3n) is 4.07. The Hall–Kier alpha value is -1.47. The second kappa shape index (κ2) is 5.73. The maximum atomic E-state index is 12.6. The number of hydrogen-bond acceptors (Lipinski definition) is 5. The van der Waals surface area contributed by atoms with Crippen LogP contribution in [0.3, 0.4) is 0 Å². The van der Waals surface area contributed by atoms with E-state index in [-0.39, 0.29) is 11.8 Å². The lowest BCUT2D eigenvalue weighted by atomic mass is 10.2. The van der Waals surface area contributed by atoms with Gasteiger partial charge < -0.3 is 9.80 Å². The zero-order valence-corrected chi connectivity index (χ0v) is 13.3. The summed E-state index contributed by atoms with van der Waals surface area (Å²) < 4.78 is 0. The van der Waals surface area contributed by atoms with Crippen LogP contribution in [0.4, 0.5) is 5.82 Å². The van der Waals surface area contributed by atoms with Gasteiger partial charge in [-0.25, -0.2) is 4.98 Å². The highest BCUT2D eigenvalue weighted by Gasteiger charge is 2.29. The van der Waals surface area contributed by atoms with Gasteiger partial charge in [0.1, 0.15) is 5.82 Å². The molecule has 21 heavy (non-hydrogen) atoms. The number of aryl methyl sites for hydroxylation is 1. The lowest BCUT2D eigenvalue weighted by Gasteiger charge is -2.31. The molecule has 1 aromatic rings. The van der Waals surface area contributed by atoms with E-state index in [1.807, 2.05) is 4.90 Å². The number of rotatable bonds is 1. The van der Waals surface area contributed by atoms with Crippen LogP contribution in [0.15, 0.2) is 0 Å². The van der Waals surface area contributed by atoms with E-state index in [2.05, 4.69) is 16.9 Å². The number of anilines is 1. The molecule has 1 fully saturated rings. The molecule has 0 saturated carbocycles. The Kier molecular flexibility index (Phi) is 3.95. The number of carbonyl (C=O) groups excluding carboxylic acids is 2. The zero-order chi connectivity index (χ0) is 15.0. The number of hydrogen-bond donors (Lipinski definition) is 0. The van der Waals surface area contributed by atoms with Gasteiger partial charge in [-0.2, -0.15) is 0 Å². The predicted octanol–water partition coefficient (Wildman–Crippen LogP) is 0.830. The normalized spacial score (nSPS) is 19.5. The number of likely N-dealkylation sites (N-methyl/N-ethyl adjacent to an activating group) is 1. The first kappa shape index (κ1) is 14.5. The third-order valence-corrected chi connectivity index (χ3v) is 5.16. The van der Waals surface area contributed by atoms with Crippen molar-refractivity contribution in [2.24, 2.45) is 0 Å². The van der Waals surface area contributed by atoms with Gasteiger partial charge in [-0.05, 0) is 19.9 Å². The van der Waals surface area contributed by atoms with E-state index in [4.69, 9.17) is 0 Å². The maximum Gasteiger partial charge on any atom is 0.283 e. The van der Waals surface area contributed by atoms with Gasteiger partial charge in [-0.15, -0.1) is 11.3 Å². The molecule has 0 spiro atoms. The summed E-state index contributed by atoms with van der Waals surface area (Å²) in [6.45, 7) is 5.55. The first-order valence-corrected chi connectivity index (χ1v) is 8.13. The van der Waals surface area contributed by atoms with Crippen molar-refractivity contribution >= 4 is 29.0 Å². The molecule has 1 aromatic heterocycles. The summed E-state index contributed by atoms with van der Waals surface area (Å²) in [5, 5.41) is 0.526. The van der Waals surface area contributed by atoms with Crippen molar-refractivity contribution in [2.75, 3.05) is 44.7 Å². The van der Waals surface area contributed by atoms with Crippen LogP contribution < -0.4 is 4.90 Å². The Morgan fingerprint density at radius 3 is 2.52 bits per heavy atom. The number of fused-ring (bicyclic) bond motifs is 1. The van der Waals surface area contributed by atoms with E-state index >= 15 is 0 Å². The average molecular weight is 308 g/mol. The van der Waals surface area contributed by atoms with E-state index in [1.165, 1.54) is 11.3 Å². The van der Waals surface area contributed by atoms with E-state index in [0.29, 0.717) is 17.4 Å². The monoisotopic (exact) mass is 308 g/mol. The van der Waals surface area contributed by atoms with Crippen molar-refractivity contribution in [3.63, 3.8) is 0 Å². The molecule has 0 atom stereocenters. The molecule has 6 nitrogen and oxygen atoms in total. The lowest BCUT2D eigenvalue weighted by Crippen LogP contribution is -2.47. The zero-order valence-electron chi connectivity index (χ0n) is 12.5. The van der Waals surface area contributed by atoms with Crippen LogP contribution in [0.1, 0.15) is 28.0 Å². The smallest absolute Gasteiger partial charge is 0.283 e. The van der Waals surface area contributed by atoms with Crippen LogP contribution in [-0.4, -0.2) is 66.4 Å². The average Bonchev–Trinajstić information content (AvgIpc) is 2.90. The largest absolute Gasteiger partial charge is 0.334 e. The quantitative estimate of drug-likeness (QED) is 0.771. The molecule has 0 aromatic carbocycles. The molecule has 7 heteroatoms. The number of amides is 2. The van der Waals surface area contributed by atoms with Crippen LogP contribution in [0, 0.1) is 0 Å². The van der Waals surface area contributed by atoms with Crippen molar-refractivity contribution < 1.29 is 9.59 Å². The van der Waals surface area contributed by atoms with E-state index in [9.17, 15) is 9.59 Å². The standard InChI is InChI=1S/C14H20N4O2S/c1-10(19)18-5-3-4-11-12(18)15-13(21-11)14(20)17-8-6-16(2)7-9-17/h3-9H2,1-2H3. The summed E-state index contributed by atoms with van der Waals surface area (Å²) in [6, 6.07) is 0. The van der Waals surface area contributed by atoms with Gasteiger partial charge in [0.05, 0.1) is 0 Å². The van der Waals surface area contributed by atoms with Gasteiger partial charge in [-0.3, -0.25) is 14.5 Å². The molecule has 0 aliphatic carbocycles. The summed E-state index contributed by atoms with van der Waals surface area (Å²) >= 11 is 1.45. The van der Waals surface area contributed by atoms with Crippen molar-refractivity contribution in [3.8, 4) is 0 Å². The first-order chi connectivity index (χ1) is 10.1. The number of aromatic nitrogens is 1. The molecule has 3 rings (SSSR count). The maximum absolute atomic E-state index is 12.6. The molecule has 1 saturated heterocycles. The Bertz CT molecular complexity index is 563. The number of thiazole rings is 1. The highest BCUT2D eigenvalue weighted by Crippen LogP contribution is 2.32. The van der Waals surface area contributed by atoms with Gasteiger partial charge >= 0.3 is 0 Å². The number of nitrogens with zero attached hydrogens (tertiary/aromatic N) is 4. The Morgan fingerprint density at radius 2 is 1.86 bits per heavy atom. The minimum Gasteiger partial charge on any atom is -0.334 e. The molecule has 2 amide bonds. The van der Waals surface area contributed by atoms with E-state index < -0.39 is 0 Å². The van der Waals surface area contributed by atoms with Crippen molar-refractivity contribution in [1.82, 2.24) is 14.8 Å².